The Kier molecular flexibility index (Phi) is 2.92. The van der Waals surface area contributed by atoms with Gasteiger partial charge in [0.25, 0.3) is 0 Å². The zero-order valence-electron chi connectivity index (χ0n) is 9.27. The highest BCUT2D eigenvalue weighted by Crippen LogP contribution is 2.44. The lowest BCUT2D eigenvalue weighted by atomic mass is 10.1. The average molecular weight is 228 g/mol. The molecule has 86 valence electrons. The van der Waals surface area contributed by atoms with Crippen LogP contribution in [0.2, 0.25) is 0 Å². The molecule has 0 bridgehead atoms. The maximum atomic E-state index is 11.6. The van der Waals surface area contributed by atoms with Gasteiger partial charge in [0, 0.05) is 0 Å². The fraction of sp³-hybridized carbons (Fsp3) is 0.308. The Labute approximate surface area is 99.2 Å². The van der Waals surface area contributed by atoms with E-state index in [-0.39, 0.29) is 12.3 Å². The van der Waals surface area contributed by atoms with E-state index in [1.54, 1.807) is 0 Å². The zero-order chi connectivity index (χ0) is 12.3. The molecule has 1 saturated carbocycles. The third kappa shape index (κ3) is 2.51. The van der Waals surface area contributed by atoms with E-state index in [0.717, 1.165) is 5.56 Å². The quantitative estimate of drug-likeness (QED) is 0.844. The van der Waals surface area contributed by atoms with Crippen molar-refractivity contribution in [1.82, 2.24) is 5.32 Å². The van der Waals surface area contributed by atoms with E-state index >= 15 is 0 Å². The second-order valence-electron chi connectivity index (χ2n) is 4.23. The number of nitrogens with zero attached hydrogens (tertiary/aromatic N) is 1. The number of carbonyl (C=O) groups is 2. The predicted octanol–water partition coefficient (Wildman–Crippen LogP) is 1.18. The van der Waals surface area contributed by atoms with Crippen LogP contribution >= 0.6 is 0 Å². The molecule has 1 aliphatic carbocycles. The molecule has 1 aromatic carbocycles. The van der Waals surface area contributed by atoms with Gasteiger partial charge >= 0.3 is 0 Å². The molecule has 1 aliphatic rings. The number of imide groups is 1. The van der Waals surface area contributed by atoms with Crippen molar-refractivity contribution in [1.29, 1.82) is 5.26 Å². The summed E-state index contributed by atoms with van der Waals surface area (Å²) in [6.45, 7) is 0. The van der Waals surface area contributed by atoms with Gasteiger partial charge in [-0.15, -0.1) is 0 Å². The van der Waals surface area contributed by atoms with Gasteiger partial charge in [-0.25, -0.2) is 0 Å². The molecule has 0 saturated heterocycles. The van der Waals surface area contributed by atoms with Crippen LogP contribution in [0.3, 0.4) is 0 Å². The first kappa shape index (κ1) is 11.3. The third-order valence-corrected chi connectivity index (χ3v) is 2.86. The Morgan fingerprint density at radius 1 is 1.29 bits per heavy atom. The Morgan fingerprint density at radius 2 is 1.94 bits per heavy atom. The smallest absolute Gasteiger partial charge is 0.247 e. The molecule has 1 fully saturated rings. The molecule has 2 rings (SSSR count). The van der Waals surface area contributed by atoms with Gasteiger partial charge in [0.1, 0.15) is 5.41 Å². The van der Waals surface area contributed by atoms with Crippen molar-refractivity contribution in [3.05, 3.63) is 35.9 Å². The summed E-state index contributed by atoms with van der Waals surface area (Å²) in [5.41, 5.74) is -0.0913. The van der Waals surface area contributed by atoms with E-state index in [4.69, 9.17) is 5.26 Å². The lowest BCUT2D eigenvalue weighted by Gasteiger charge is -2.06. The second kappa shape index (κ2) is 4.38. The average Bonchev–Trinajstić information content (AvgIpc) is 3.11. The van der Waals surface area contributed by atoms with Crippen molar-refractivity contribution >= 4 is 11.8 Å². The van der Waals surface area contributed by atoms with Crippen LogP contribution in [-0.4, -0.2) is 11.8 Å². The number of nitrogens with one attached hydrogen (secondary N) is 1. The molecule has 0 unspecified atom stereocenters. The van der Waals surface area contributed by atoms with Gasteiger partial charge in [-0.05, 0) is 18.4 Å². The van der Waals surface area contributed by atoms with Crippen LogP contribution in [0, 0.1) is 16.7 Å². The number of nitriles is 1. The van der Waals surface area contributed by atoms with Crippen LogP contribution in [0.4, 0.5) is 0 Å². The van der Waals surface area contributed by atoms with Crippen molar-refractivity contribution in [2.75, 3.05) is 0 Å². The molecule has 4 heteroatoms. The van der Waals surface area contributed by atoms with E-state index in [9.17, 15) is 9.59 Å². The van der Waals surface area contributed by atoms with E-state index in [0.29, 0.717) is 12.8 Å². The van der Waals surface area contributed by atoms with Crippen molar-refractivity contribution in [3.63, 3.8) is 0 Å². The summed E-state index contributed by atoms with van der Waals surface area (Å²) in [5.74, 6) is -0.816. The molecular formula is C13H12N2O2. The van der Waals surface area contributed by atoms with Crippen molar-refractivity contribution in [3.8, 4) is 6.07 Å². The summed E-state index contributed by atoms with van der Waals surface area (Å²) in [6.07, 6.45) is 1.26. The lowest BCUT2D eigenvalue weighted by molar-refractivity contribution is -0.132. The van der Waals surface area contributed by atoms with Crippen LogP contribution in [0.5, 0.6) is 0 Å². The monoisotopic (exact) mass is 228 g/mol. The first-order valence-corrected chi connectivity index (χ1v) is 5.46. The Hall–Kier alpha value is -2.15. The van der Waals surface area contributed by atoms with Gasteiger partial charge in [-0.1, -0.05) is 30.3 Å². The number of benzene rings is 1. The first-order valence-electron chi connectivity index (χ1n) is 5.46. The molecule has 2 amide bonds. The molecule has 0 radical (unpaired) electrons. The molecule has 0 atom stereocenters. The fourth-order valence-corrected chi connectivity index (χ4v) is 1.59. The molecule has 4 nitrogen and oxygen atoms in total. The van der Waals surface area contributed by atoms with Crippen LogP contribution in [0.1, 0.15) is 18.4 Å². The lowest BCUT2D eigenvalue weighted by Crippen LogP contribution is -2.37. The van der Waals surface area contributed by atoms with Gasteiger partial charge in [-0.2, -0.15) is 5.26 Å². The standard InChI is InChI=1S/C13H12N2O2/c14-9-13(6-7-13)12(17)15-11(16)8-10-4-2-1-3-5-10/h1-5H,6-8H2,(H,15,16,17). The van der Waals surface area contributed by atoms with Gasteiger partial charge in [0.2, 0.25) is 11.8 Å². The summed E-state index contributed by atoms with van der Waals surface area (Å²) in [4.78, 5) is 23.2. The summed E-state index contributed by atoms with van der Waals surface area (Å²) in [6, 6.07) is 11.1. The van der Waals surface area contributed by atoms with Gasteiger partial charge in [-0.3, -0.25) is 14.9 Å². The minimum atomic E-state index is -0.938. The van der Waals surface area contributed by atoms with E-state index < -0.39 is 11.3 Å². The van der Waals surface area contributed by atoms with Crippen molar-refractivity contribution in [2.45, 2.75) is 19.3 Å². The molecular weight excluding hydrogens is 216 g/mol. The third-order valence-electron chi connectivity index (χ3n) is 2.86. The molecule has 17 heavy (non-hydrogen) atoms. The Bertz CT molecular complexity index is 484. The van der Waals surface area contributed by atoms with Crippen LogP contribution in [0.15, 0.2) is 30.3 Å². The molecule has 1 N–H and O–H groups in total. The maximum absolute atomic E-state index is 11.6. The van der Waals surface area contributed by atoms with Crippen molar-refractivity contribution < 1.29 is 9.59 Å². The summed E-state index contributed by atoms with van der Waals surface area (Å²) in [5, 5.41) is 11.1. The second-order valence-corrected chi connectivity index (χ2v) is 4.23. The molecule has 0 heterocycles. The molecule has 1 aromatic rings. The van der Waals surface area contributed by atoms with Gasteiger partial charge < -0.3 is 0 Å². The number of hydrogen-bond donors (Lipinski definition) is 1. The molecule has 0 aromatic heterocycles. The number of carbonyl (C=O) groups excluding carboxylic acids is 2. The highest BCUT2D eigenvalue weighted by Gasteiger charge is 2.51. The fourth-order valence-electron chi connectivity index (χ4n) is 1.59. The number of amides is 2. The Balaban J connectivity index is 1.91. The summed E-state index contributed by atoms with van der Waals surface area (Å²) in [7, 11) is 0. The van der Waals surface area contributed by atoms with Crippen LogP contribution in [-0.2, 0) is 16.0 Å². The highest BCUT2D eigenvalue weighted by molar-refractivity contribution is 6.01. The van der Waals surface area contributed by atoms with E-state index in [1.807, 2.05) is 36.4 Å². The molecule has 0 aliphatic heterocycles. The summed E-state index contributed by atoms with van der Waals surface area (Å²) >= 11 is 0. The highest BCUT2D eigenvalue weighted by atomic mass is 16.2. The topological polar surface area (TPSA) is 70.0 Å². The first-order chi connectivity index (χ1) is 8.16. The number of hydrogen-bond acceptors (Lipinski definition) is 3. The largest absolute Gasteiger partial charge is 0.295 e. The van der Waals surface area contributed by atoms with Crippen LogP contribution < -0.4 is 5.32 Å². The Morgan fingerprint density at radius 3 is 2.47 bits per heavy atom. The molecule has 0 spiro atoms. The number of rotatable bonds is 3. The summed E-state index contributed by atoms with van der Waals surface area (Å²) < 4.78 is 0. The SMILES string of the molecule is N#CC1(C(=O)NC(=O)Cc2ccccc2)CC1. The predicted molar refractivity (Wildman–Crippen MR) is 60.6 cm³/mol. The van der Waals surface area contributed by atoms with Crippen LogP contribution in [0.25, 0.3) is 0 Å². The normalized spacial score (nSPS) is 15.7. The van der Waals surface area contributed by atoms with Crippen molar-refractivity contribution in [2.24, 2.45) is 5.41 Å². The van der Waals surface area contributed by atoms with Gasteiger partial charge in [0.15, 0.2) is 0 Å². The van der Waals surface area contributed by atoms with E-state index in [1.165, 1.54) is 0 Å². The van der Waals surface area contributed by atoms with E-state index in [2.05, 4.69) is 5.32 Å². The zero-order valence-corrected chi connectivity index (χ0v) is 9.27. The minimum Gasteiger partial charge on any atom is -0.295 e. The minimum absolute atomic E-state index is 0.161. The maximum Gasteiger partial charge on any atom is 0.247 e. The van der Waals surface area contributed by atoms with Gasteiger partial charge in [0.05, 0.1) is 12.5 Å².